The van der Waals surface area contributed by atoms with Gasteiger partial charge >= 0.3 is 0 Å². The molecule has 1 aliphatic heterocycles. The van der Waals surface area contributed by atoms with E-state index < -0.39 is 17.0 Å². The van der Waals surface area contributed by atoms with E-state index >= 15 is 0 Å². The summed E-state index contributed by atoms with van der Waals surface area (Å²) >= 11 is 0. The Morgan fingerprint density at radius 1 is 1.03 bits per heavy atom. The highest BCUT2D eigenvalue weighted by Crippen LogP contribution is 2.42. The third kappa shape index (κ3) is 4.47. The second kappa shape index (κ2) is 8.52. The molecule has 4 rings (SSSR count). The zero-order chi connectivity index (χ0) is 22.0. The molecule has 31 heavy (non-hydrogen) atoms. The van der Waals surface area contributed by atoms with Gasteiger partial charge in [0.1, 0.15) is 0 Å². The van der Waals surface area contributed by atoms with Gasteiger partial charge in [-0.2, -0.15) is 0 Å². The Morgan fingerprint density at radius 2 is 1.77 bits per heavy atom. The predicted molar refractivity (Wildman–Crippen MR) is 117 cm³/mol. The van der Waals surface area contributed by atoms with Crippen molar-refractivity contribution in [1.82, 2.24) is 9.88 Å². The van der Waals surface area contributed by atoms with Gasteiger partial charge in [0.25, 0.3) is 0 Å². The van der Waals surface area contributed by atoms with Gasteiger partial charge in [-0.25, -0.2) is 8.78 Å². The smallest absolute Gasteiger partial charge is 0.167 e. The molecule has 5 heteroatoms. The van der Waals surface area contributed by atoms with Crippen molar-refractivity contribution in [3.8, 4) is 0 Å². The maximum absolute atomic E-state index is 13.9. The van der Waals surface area contributed by atoms with Gasteiger partial charge in [0.15, 0.2) is 17.4 Å². The standard InChI is InChI=1S/C26H24F2N2O/c1-26(2)17-30(16-18-11-12-22(27)23(28)14-18)24(19-8-4-3-5-9-19)21(25(26)31)15-20-10-6-7-13-29-20/h3-15,24H,16-17H2,1-2H3. The van der Waals surface area contributed by atoms with Crippen LogP contribution in [0.25, 0.3) is 6.08 Å². The van der Waals surface area contributed by atoms with Crippen molar-refractivity contribution in [3.63, 3.8) is 0 Å². The largest absolute Gasteiger partial charge is 0.294 e. The fourth-order valence-electron chi connectivity index (χ4n) is 4.19. The van der Waals surface area contributed by atoms with E-state index in [1.54, 1.807) is 12.3 Å². The highest BCUT2D eigenvalue weighted by Gasteiger charge is 2.43. The number of benzene rings is 2. The van der Waals surface area contributed by atoms with Crippen molar-refractivity contribution < 1.29 is 13.6 Å². The minimum Gasteiger partial charge on any atom is -0.294 e. The number of halogens is 2. The fraction of sp³-hybridized carbons (Fsp3) is 0.231. The molecule has 1 unspecified atom stereocenters. The van der Waals surface area contributed by atoms with Crippen molar-refractivity contribution in [2.75, 3.05) is 6.54 Å². The third-order valence-corrected chi connectivity index (χ3v) is 5.61. The van der Waals surface area contributed by atoms with Gasteiger partial charge in [-0.3, -0.25) is 14.7 Å². The molecule has 1 saturated heterocycles. The zero-order valence-corrected chi connectivity index (χ0v) is 17.6. The van der Waals surface area contributed by atoms with Crippen LogP contribution in [-0.2, 0) is 11.3 Å². The van der Waals surface area contributed by atoms with Gasteiger partial charge in [-0.1, -0.05) is 56.3 Å². The van der Waals surface area contributed by atoms with Crippen LogP contribution in [0.5, 0.6) is 0 Å². The van der Waals surface area contributed by atoms with E-state index in [1.165, 1.54) is 6.07 Å². The van der Waals surface area contributed by atoms with Crippen molar-refractivity contribution in [2.24, 2.45) is 5.41 Å². The van der Waals surface area contributed by atoms with Crippen molar-refractivity contribution in [1.29, 1.82) is 0 Å². The van der Waals surface area contributed by atoms with Gasteiger partial charge in [0.05, 0.1) is 11.7 Å². The number of hydrogen-bond acceptors (Lipinski definition) is 3. The Kier molecular flexibility index (Phi) is 5.79. The van der Waals surface area contributed by atoms with Gasteiger partial charge in [0, 0.05) is 30.3 Å². The lowest BCUT2D eigenvalue weighted by atomic mass is 9.74. The van der Waals surface area contributed by atoms with Crippen molar-refractivity contribution in [3.05, 3.63) is 107 Å². The molecule has 1 aromatic heterocycles. The summed E-state index contributed by atoms with van der Waals surface area (Å²) in [6, 6.07) is 19.0. The number of piperidine rings is 1. The lowest BCUT2D eigenvalue weighted by Gasteiger charge is -2.44. The first kappa shape index (κ1) is 21.1. The molecule has 0 amide bonds. The van der Waals surface area contributed by atoms with Crippen LogP contribution in [0.1, 0.15) is 36.7 Å². The molecule has 0 radical (unpaired) electrons. The molecule has 2 aromatic carbocycles. The van der Waals surface area contributed by atoms with Crippen molar-refractivity contribution in [2.45, 2.75) is 26.4 Å². The van der Waals surface area contributed by atoms with Gasteiger partial charge < -0.3 is 0 Å². The second-order valence-corrected chi connectivity index (χ2v) is 8.53. The van der Waals surface area contributed by atoms with E-state index in [-0.39, 0.29) is 11.8 Å². The molecular weight excluding hydrogens is 394 g/mol. The topological polar surface area (TPSA) is 33.2 Å². The summed E-state index contributed by atoms with van der Waals surface area (Å²) in [6.45, 7) is 4.71. The number of carbonyl (C=O) groups excluding carboxylic acids is 1. The third-order valence-electron chi connectivity index (χ3n) is 5.61. The number of Topliss-reactive ketones (excluding diaryl/α,β-unsaturated/α-hetero) is 1. The van der Waals surface area contributed by atoms with Crippen LogP contribution < -0.4 is 0 Å². The van der Waals surface area contributed by atoms with E-state index in [1.807, 2.05) is 68.5 Å². The molecule has 158 valence electrons. The number of rotatable bonds is 4. The number of ketones is 1. The lowest BCUT2D eigenvalue weighted by Crippen LogP contribution is -2.49. The molecule has 2 heterocycles. The summed E-state index contributed by atoms with van der Waals surface area (Å²) in [4.78, 5) is 20.0. The molecule has 1 atom stereocenters. The fourth-order valence-corrected chi connectivity index (χ4v) is 4.19. The summed E-state index contributed by atoms with van der Waals surface area (Å²) in [5.41, 5.74) is 2.34. The number of likely N-dealkylation sites (tertiary alicyclic amines) is 1. The average Bonchev–Trinajstić information content (AvgIpc) is 2.76. The summed E-state index contributed by atoms with van der Waals surface area (Å²) in [5, 5.41) is 0. The molecule has 3 aromatic rings. The van der Waals surface area contributed by atoms with E-state index in [9.17, 15) is 13.6 Å². The Bertz CT molecular complexity index is 1110. The molecule has 0 spiro atoms. The minimum atomic E-state index is -0.870. The molecule has 0 aliphatic carbocycles. The highest BCUT2D eigenvalue weighted by atomic mass is 19.2. The monoisotopic (exact) mass is 418 g/mol. The number of pyridine rings is 1. The molecule has 0 saturated carbocycles. The lowest BCUT2D eigenvalue weighted by molar-refractivity contribution is -0.128. The minimum absolute atomic E-state index is 0.0635. The van der Waals surface area contributed by atoms with Crippen LogP contribution in [0.4, 0.5) is 8.78 Å². The van der Waals surface area contributed by atoms with Gasteiger partial charge in [0.2, 0.25) is 0 Å². The zero-order valence-electron chi connectivity index (χ0n) is 17.6. The predicted octanol–water partition coefficient (Wildman–Crippen LogP) is 5.60. The number of aromatic nitrogens is 1. The SMILES string of the molecule is CC1(C)CN(Cc2ccc(F)c(F)c2)C(c2ccccc2)C(=Cc2ccccn2)C1=O. The average molecular weight is 418 g/mol. The summed E-state index contributed by atoms with van der Waals surface area (Å²) < 4.78 is 27.3. The summed E-state index contributed by atoms with van der Waals surface area (Å²) in [6.07, 6.45) is 3.54. The Hall–Kier alpha value is -3.18. The van der Waals surface area contributed by atoms with Crippen LogP contribution in [0.3, 0.4) is 0 Å². The first-order valence-electron chi connectivity index (χ1n) is 10.3. The Morgan fingerprint density at radius 3 is 2.45 bits per heavy atom. The summed E-state index contributed by atoms with van der Waals surface area (Å²) in [7, 11) is 0. The summed E-state index contributed by atoms with van der Waals surface area (Å²) in [5.74, 6) is -1.67. The maximum Gasteiger partial charge on any atom is 0.167 e. The number of hydrogen-bond donors (Lipinski definition) is 0. The van der Waals surface area contributed by atoms with Crippen LogP contribution in [-0.4, -0.2) is 22.2 Å². The molecule has 1 fully saturated rings. The van der Waals surface area contributed by atoms with Crippen LogP contribution in [0.2, 0.25) is 0 Å². The van der Waals surface area contributed by atoms with E-state index in [4.69, 9.17) is 0 Å². The van der Waals surface area contributed by atoms with Gasteiger partial charge in [-0.05, 0) is 41.5 Å². The number of nitrogens with zero attached hydrogens (tertiary/aromatic N) is 2. The second-order valence-electron chi connectivity index (χ2n) is 8.53. The van der Waals surface area contributed by atoms with Crippen LogP contribution in [0.15, 0.2) is 78.5 Å². The molecule has 0 N–H and O–H groups in total. The van der Waals surface area contributed by atoms with Gasteiger partial charge in [-0.15, -0.1) is 0 Å². The van der Waals surface area contributed by atoms with E-state index in [0.717, 1.165) is 11.6 Å². The number of carbonyl (C=O) groups is 1. The molecule has 1 aliphatic rings. The van der Waals surface area contributed by atoms with Crippen molar-refractivity contribution >= 4 is 11.9 Å². The molecule has 0 bridgehead atoms. The first-order valence-corrected chi connectivity index (χ1v) is 10.3. The first-order chi connectivity index (χ1) is 14.8. The van der Waals surface area contributed by atoms with E-state index in [2.05, 4.69) is 9.88 Å². The van der Waals surface area contributed by atoms with E-state index in [0.29, 0.717) is 29.9 Å². The van der Waals surface area contributed by atoms with Crippen LogP contribution in [0, 0.1) is 17.0 Å². The molecule has 3 nitrogen and oxygen atoms in total. The Balaban J connectivity index is 1.82. The maximum atomic E-state index is 13.9. The Labute approximate surface area is 181 Å². The molecular formula is C26H24F2N2O. The quantitative estimate of drug-likeness (QED) is 0.518. The highest BCUT2D eigenvalue weighted by molar-refractivity contribution is 6.05. The normalized spacial score (nSPS) is 20.2. The van der Waals surface area contributed by atoms with Crippen LogP contribution >= 0.6 is 0 Å².